The van der Waals surface area contributed by atoms with Gasteiger partial charge in [-0.3, -0.25) is 0 Å². The lowest BCUT2D eigenvalue weighted by Gasteiger charge is -2.23. The summed E-state index contributed by atoms with van der Waals surface area (Å²) in [6, 6.07) is 6.48. The Kier molecular flexibility index (Phi) is 2.26. The van der Waals surface area contributed by atoms with Gasteiger partial charge in [0, 0.05) is 6.04 Å². The normalized spacial score (nSPS) is 19.9. The van der Waals surface area contributed by atoms with Crippen LogP contribution in [-0.2, 0) is 6.42 Å². The Morgan fingerprint density at radius 1 is 1.50 bits per heavy atom. The van der Waals surface area contributed by atoms with Gasteiger partial charge in [-0.2, -0.15) is 5.26 Å². The fourth-order valence-electron chi connectivity index (χ4n) is 2.13. The largest absolute Gasteiger partial charge is 0.324 e. The first-order valence-electron chi connectivity index (χ1n) is 5.01. The Balaban J connectivity index is 2.55. The van der Waals surface area contributed by atoms with Gasteiger partial charge in [-0.1, -0.05) is 6.07 Å². The molecular weight excluding hydrogens is 172 g/mol. The third-order valence-electron chi connectivity index (χ3n) is 2.97. The number of aryl methyl sites for hydroxylation is 2. The minimum Gasteiger partial charge on any atom is -0.324 e. The van der Waals surface area contributed by atoms with Crippen LogP contribution in [0, 0.1) is 18.3 Å². The van der Waals surface area contributed by atoms with Crippen LogP contribution in [-0.4, -0.2) is 0 Å². The van der Waals surface area contributed by atoms with E-state index in [2.05, 4.69) is 12.1 Å². The Bertz CT molecular complexity index is 402. The van der Waals surface area contributed by atoms with Crippen LogP contribution >= 0.6 is 0 Å². The van der Waals surface area contributed by atoms with E-state index >= 15 is 0 Å². The average molecular weight is 186 g/mol. The van der Waals surface area contributed by atoms with Crippen molar-refractivity contribution in [2.24, 2.45) is 5.73 Å². The second kappa shape index (κ2) is 3.43. The maximum absolute atomic E-state index is 8.90. The molecule has 1 atom stereocenters. The van der Waals surface area contributed by atoms with E-state index in [0.717, 1.165) is 30.4 Å². The third kappa shape index (κ3) is 1.40. The zero-order valence-corrected chi connectivity index (χ0v) is 8.38. The second-order valence-electron chi connectivity index (χ2n) is 3.98. The Labute approximate surface area is 84.3 Å². The quantitative estimate of drug-likeness (QED) is 0.675. The summed E-state index contributed by atoms with van der Waals surface area (Å²) in [6.07, 6.45) is 3.28. The number of rotatable bonds is 0. The Morgan fingerprint density at radius 3 is 3.00 bits per heavy atom. The van der Waals surface area contributed by atoms with Gasteiger partial charge in [0.05, 0.1) is 11.6 Å². The fourth-order valence-corrected chi connectivity index (χ4v) is 2.13. The van der Waals surface area contributed by atoms with Crippen LogP contribution < -0.4 is 5.73 Å². The van der Waals surface area contributed by atoms with Crippen molar-refractivity contribution in [3.05, 3.63) is 34.4 Å². The van der Waals surface area contributed by atoms with Crippen LogP contribution in [0.1, 0.15) is 41.1 Å². The molecule has 0 fully saturated rings. The molecule has 14 heavy (non-hydrogen) atoms. The lowest BCUT2D eigenvalue weighted by Crippen LogP contribution is -2.17. The maximum atomic E-state index is 8.90. The second-order valence-corrected chi connectivity index (χ2v) is 3.98. The molecule has 2 nitrogen and oxygen atoms in total. The van der Waals surface area contributed by atoms with Gasteiger partial charge >= 0.3 is 0 Å². The predicted molar refractivity (Wildman–Crippen MR) is 55.8 cm³/mol. The standard InChI is InChI=1S/C12H14N2/c1-8-5-11-9(6-10(8)7-13)3-2-4-12(11)14/h5-6,12H,2-4,14H2,1H3/t12-/m1/s1. The molecule has 0 amide bonds. The molecule has 1 aromatic rings. The highest BCUT2D eigenvalue weighted by Crippen LogP contribution is 2.29. The summed E-state index contributed by atoms with van der Waals surface area (Å²) < 4.78 is 0. The van der Waals surface area contributed by atoms with Gasteiger partial charge in [-0.15, -0.1) is 0 Å². The van der Waals surface area contributed by atoms with Crippen molar-refractivity contribution >= 4 is 0 Å². The smallest absolute Gasteiger partial charge is 0.0994 e. The van der Waals surface area contributed by atoms with Crippen LogP contribution in [0.2, 0.25) is 0 Å². The molecule has 0 bridgehead atoms. The molecule has 2 N–H and O–H groups in total. The van der Waals surface area contributed by atoms with Crippen LogP contribution in [0.25, 0.3) is 0 Å². The van der Waals surface area contributed by atoms with Crippen LogP contribution in [0.3, 0.4) is 0 Å². The number of hydrogen-bond acceptors (Lipinski definition) is 2. The molecule has 2 heteroatoms. The van der Waals surface area contributed by atoms with E-state index in [4.69, 9.17) is 11.0 Å². The molecule has 0 spiro atoms. The highest BCUT2D eigenvalue weighted by atomic mass is 14.6. The molecule has 1 aliphatic rings. The van der Waals surface area contributed by atoms with Gasteiger partial charge in [-0.25, -0.2) is 0 Å². The summed E-state index contributed by atoms with van der Waals surface area (Å²) in [7, 11) is 0. The number of hydrogen-bond donors (Lipinski definition) is 1. The zero-order valence-electron chi connectivity index (χ0n) is 8.38. The van der Waals surface area contributed by atoms with Crippen molar-refractivity contribution in [3.8, 4) is 6.07 Å². The summed E-state index contributed by atoms with van der Waals surface area (Å²) in [6.45, 7) is 1.97. The summed E-state index contributed by atoms with van der Waals surface area (Å²) in [4.78, 5) is 0. The SMILES string of the molecule is Cc1cc2c(cc1C#N)CCC[C@H]2N. The van der Waals surface area contributed by atoms with E-state index in [1.807, 2.05) is 13.0 Å². The molecule has 0 aromatic heterocycles. The van der Waals surface area contributed by atoms with E-state index in [0.29, 0.717) is 0 Å². The minimum atomic E-state index is 0.171. The fraction of sp³-hybridized carbons (Fsp3) is 0.417. The summed E-state index contributed by atoms with van der Waals surface area (Å²) in [5, 5.41) is 8.90. The van der Waals surface area contributed by atoms with Gasteiger partial charge in [0.15, 0.2) is 0 Å². The molecular formula is C12H14N2. The van der Waals surface area contributed by atoms with Gasteiger partial charge in [-0.05, 0) is 48.9 Å². The predicted octanol–water partition coefficient (Wildman–Crippen LogP) is 2.20. The highest BCUT2D eigenvalue weighted by Gasteiger charge is 2.17. The highest BCUT2D eigenvalue weighted by molar-refractivity contribution is 5.46. The molecule has 0 heterocycles. The van der Waals surface area contributed by atoms with Gasteiger partial charge in [0.25, 0.3) is 0 Å². The van der Waals surface area contributed by atoms with Crippen molar-refractivity contribution in [1.82, 2.24) is 0 Å². The molecule has 0 radical (unpaired) electrons. The molecule has 0 aliphatic heterocycles. The topological polar surface area (TPSA) is 49.8 Å². The van der Waals surface area contributed by atoms with Crippen molar-refractivity contribution < 1.29 is 0 Å². The van der Waals surface area contributed by atoms with E-state index in [-0.39, 0.29) is 6.04 Å². The summed E-state index contributed by atoms with van der Waals surface area (Å²) >= 11 is 0. The average Bonchev–Trinajstić information content (AvgIpc) is 2.19. The number of benzene rings is 1. The van der Waals surface area contributed by atoms with E-state index < -0.39 is 0 Å². The van der Waals surface area contributed by atoms with Crippen molar-refractivity contribution in [2.75, 3.05) is 0 Å². The maximum Gasteiger partial charge on any atom is 0.0994 e. The van der Waals surface area contributed by atoms with E-state index in [1.165, 1.54) is 11.1 Å². The van der Waals surface area contributed by atoms with Crippen LogP contribution in [0.15, 0.2) is 12.1 Å². The van der Waals surface area contributed by atoms with Crippen LogP contribution in [0.4, 0.5) is 0 Å². The minimum absolute atomic E-state index is 0.171. The summed E-state index contributed by atoms with van der Waals surface area (Å²) in [5.74, 6) is 0. The molecule has 0 saturated carbocycles. The Hall–Kier alpha value is -1.33. The van der Waals surface area contributed by atoms with E-state index in [9.17, 15) is 0 Å². The van der Waals surface area contributed by atoms with Gasteiger partial charge in [0.2, 0.25) is 0 Å². The first-order valence-corrected chi connectivity index (χ1v) is 5.01. The number of nitrogens with zero attached hydrogens (tertiary/aromatic N) is 1. The third-order valence-corrected chi connectivity index (χ3v) is 2.97. The van der Waals surface area contributed by atoms with Crippen molar-refractivity contribution in [1.29, 1.82) is 5.26 Å². The number of nitriles is 1. The van der Waals surface area contributed by atoms with Gasteiger partial charge in [0.1, 0.15) is 0 Å². The first kappa shape index (κ1) is 9.23. The van der Waals surface area contributed by atoms with E-state index in [1.54, 1.807) is 0 Å². The van der Waals surface area contributed by atoms with Crippen molar-refractivity contribution in [3.63, 3.8) is 0 Å². The summed E-state index contributed by atoms with van der Waals surface area (Å²) in [5.41, 5.74) is 10.4. The molecule has 1 aromatic carbocycles. The molecule has 72 valence electrons. The molecule has 0 unspecified atom stereocenters. The molecule has 0 saturated heterocycles. The molecule has 1 aliphatic carbocycles. The first-order chi connectivity index (χ1) is 6.72. The van der Waals surface area contributed by atoms with Gasteiger partial charge < -0.3 is 5.73 Å². The Morgan fingerprint density at radius 2 is 2.29 bits per heavy atom. The lowest BCUT2D eigenvalue weighted by atomic mass is 9.86. The van der Waals surface area contributed by atoms with Crippen LogP contribution in [0.5, 0.6) is 0 Å². The lowest BCUT2D eigenvalue weighted by molar-refractivity contribution is 0.570. The van der Waals surface area contributed by atoms with Crippen molar-refractivity contribution in [2.45, 2.75) is 32.2 Å². The number of nitrogens with two attached hydrogens (primary N) is 1. The number of fused-ring (bicyclic) bond motifs is 1. The monoisotopic (exact) mass is 186 g/mol. The molecule has 2 rings (SSSR count). The zero-order chi connectivity index (χ0) is 10.1.